The summed E-state index contributed by atoms with van der Waals surface area (Å²) in [5.74, 6) is 5.38. The number of nitrogens with one attached hydrogen (secondary N) is 1. The maximum absolute atomic E-state index is 12.3. The molecule has 3 nitrogen and oxygen atoms in total. The number of amides is 1. The third-order valence-electron chi connectivity index (χ3n) is 3.26. The summed E-state index contributed by atoms with van der Waals surface area (Å²) in [6.07, 6.45) is 2.98. The van der Waals surface area contributed by atoms with Crippen LogP contribution in [0.25, 0.3) is 0 Å². The third kappa shape index (κ3) is 4.71. The summed E-state index contributed by atoms with van der Waals surface area (Å²) in [5.41, 5.74) is 2.34. The van der Waals surface area contributed by atoms with Gasteiger partial charge in [0.1, 0.15) is 6.61 Å². The maximum atomic E-state index is 12.3. The number of carbonyl (C=O) groups excluding carboxylic acids is 1. The van der Waals surface area contributed by atoms with Gasteiger partial charge in [-0.1, -0.05) is 38.2 Å². The quantitative estimate of drug-likeness (QED) is 0.810. The van der Waals surface area contributed by atoms with Gasteiger partial charge < -0.3 is 10.4 Å². The number of benzene rings is 1. The van der Waals surface area contributed by atoms with Crippen molar-refractivity contribution < 1.29 is 9.90 Å². The average Bonchev–Trinajstić information content (AvgIpc) is 2.45. The van der Waals surface area contributed by atoms with Crippen molar-refractivity contribution in [3.8, 4) is 11.8 Å². The normalized spacial score (nSPS) is 11.4. The zero-order valence-electron chi connectivity index (χ0n) is 12.5. The van der Waals surface area contributed by atoms with Gasteiger partial charge >= 0.3 is 0 Å². The van der Waals surface area contributed by atoms with Crippen LogP contribution in [0.3, 0.4) is 0 Å². The van der Waals surface area contributed by atoms with E-state index < -0.39 is 0 Å². The van der Waals surface area contributed by atoms with Crippen LogP contribution in [0.4, 0.5) is 0 Å². The van der Waals surface area contributed by atoms with Gasteiger partial charge in [-0.25, -0.2) is 0 Å². The van der Waals surface area contributed by atoms with Crippen molar-refractivity contribution in [3.63, 3.8) is 0 Å². The fourth-order valence-electron chi connectivity index (χ4n) is 2.08. The molecule has 1 aromatic rings. The van der Waals surface area contributed by atoms with Gasteiger partial charge in [-0.15, -0.1) is 0 Å². The van der Waals surface area contributed by atoms with Crippen molar-refractivity contribution >= 4 is 5.91 Å². The highest BCUT2D eigenvalue weighted by Gasteiger charge is 2.13. The molecule has 0 heterocycles. The fraction of sp³-hybridized carbons (Fsp3) is 0.471. The van der Waals surface area contributed by atoms with Crippen molar-refractivity contribution in [3.05, 3.63) is 34.9 Å². The predicted molar refractivity (Wildman–Crippen MR) is 81.6 cm³/mol. The molecule has 0 aliphatic carbocycles. The minimum absolute atomic E-state index is 0.0459. The van der Waals surface area contributed by atoms with Crippen LogP contribution in [-0.2, 0) is 0 Å². The van der Waals surface area contributed by atoms with Crippen molar-refractivity contribution in [2.45, 2.75) is 46.1 Å². The third-order valence-corrected chi connectivity index (χ3v) is 3.26. The number of aliphatic hydroxyl groups excluding tert-OH is 1. The van der Waals surface area contributed by atoms with Crippen LogP contribution in [0.2, 0.25) is 0 Å². The molecule has 20 heavy (non-hydrogen) atoms. The lowest BCUT2D eigenvalue weighted by atomic mass is 10.0. The van der Waals surface area contributed by atoms with Gasteiger partial charge in [0.25, 0.3) is 5.91 Å². The van der Waals surface area contributed by atoms with Crippen LogP contribution in [0.1, 0.15) is 54.6 Å². The summed E-state index contributed by atoms with van der Waals surface area (Å²) in [7, 11) is 0. The van der Waals surface area contributed by atoms with Gasteiger partial charge in [0.15, 0.2) is 0 Å². The smallest absolute Gasteiger partial charge is 0.251 e. The van der Waals surface area contributed by atoms with Crippen molar-refractivity contribution in [2.75, 3.05) is 6.61 Å². The molecule has 1 amide bonds. The molecular weight excluding hydrogens is 250 g/mol. The van der Waals surface area contributed by atoms with Crippen LogP contribution in [0.15, 0.2) is 18.2 Å². The Hall–Kier alpha value is -1.79. The lowest BCUT2D eigenvalue weighted by molar-refractivity contribution is 0.0933. The number of aryl methyl sites for hydroxylation is 1. The summed E-state index contributed by atoms with van der Waals surface area (Å²) < 4.78 is 0. The molecule has 0 radical (unpaired) electrons. The van der Waals surface area contributed by atoms with Gasteiger partial charge in [0.05, 0.1) is 0 Å². The van der Waals surface area contributed by atoms with Crippen LogP contribution in [0, 0.1) is 18.8 Å². The minimum atomic E-state index is -0.177. The fourth-order valence-corrected chi connectivity index (χ4v) is 2.08. The molecule has 0 aliphatic rings. The Balaban J connectivity index is 2.91. The van der Waals surface area contributed by atoms with E-state index in [0.717, 1.165) is 30.4 Å². The van der Waals surface area contributed by atoms with Crippen LogP contribution in [-0.4, -0.2) is 23.7 Å². The van der Waals surface area contributed by atoms with E-state index in [1.807, 2.05) is 19.1 Å². The highest BCUT2D eigenvalue weighted by molar-refractivity contribution is 5.96. The molecule has 1 rings (SSSR count). The van der Waals surface area contributed by atoms with E-state index >= 15 is 0 Å². The Labute approximate surface area is 121 Å². The molecule has 0 aliphatic heterocycles. The topological polar surface area (TPSA) is 49.3 Å². The average molecular weight is 273 g/mol. The van der Waals surface area contributed by atoms with Crippen molar-refractivity contribution in [2.24, 2.45) is 0 Å². The number of hydrogen-bond acceptors (Lipinski definition) is 2. The lowest BCUT2D eigenvalue weighted by Gasteiger charge is -2.17. The Morgan fingerprint density at radius 3 is 2.75 bits per heavy atom. The van der Waals surface area contributed by atoms with Crippen LogP contribution >= 0.6 is 0 Å². The summed E-state index contributed by atoms with van der Waals surface area (Å²) in [4.78, 5) is 12.3. The molecule has 1 unspecified atom stereocenters. The first-order chi connectivity index (χ1) is 9.62. The van der Waals surface area contributed by atoms with E-state index in [9.17, 15) is 4.79 Å². The van der Waals surface area contributed by atoms with Gasteiger partial charge in [-0.05, 0) is 37.5 Å². The first-order valence-corrected chi connectivity index (χ1v) is 7.13. The van der Waals surface area contributed by atoms with E-state index in [1.165, 1.54) is 0 Å². The van der Waals surface area contributed by atoms with E-state index in [1.54, 1.807) is 6.07 Å². The van der Waals surface area contributed by atoms with Crippen LogP contribution < -0.4 is 5.32 Å². The molecule has 1 aromatic carbocycles. The minimum Gasteiger partial charge on any atom is -0.384 e. The SMILES string of the molecule is CCCC(CC)NC(=O)c1cc(C#CCO)ccc1C. The predicted octanol–water partition coefficient (Wildman–Crippen LogP) is 2.65. The van der Waals surface area contributed by atoms with Gasteiger partial charge in [-0.3, -0.25) is 4.79 Å². The first-order valence-electron chi connectivity index (χ1n) is 7.13. The van der Waals surface area contributed by atoms with Gasteiger partial charge in [0, 0.05) is 17.2 Å². The molecule has 2 N–H and O–H groups in total. The molecule has 0 saturated heterocycles. The van der Waals surface area contributed by atoms with E-state index in [2.05, 4.69) is 31.0 Å². The highest BCUT2D eigenvalue weighted by Crippen LogP contribution is 2.12. The summed E-state index contributed by atoms with van der Waals surface area (Å²) >= 11 is 0. The molecular formula is C17H23NO2. The second-order valence-electron chi connectivity index (χ2n) is 4.86. The molecule has 1 atom stereocenters. The molecule has 0 fully saturated rings. The Bertz CT molecular complexity index is 511. The first kappa shape index (κ1) is 16.3. The number of hydrogen-bond donors (Lipinski definition) is 2. The van der Waals surface area contributed by atoms with E-state index in [-0.39, 0.29) is 18.6 Å². The number of aliphatic hydroxyl groups is 1. The largest absolute Gasteiger partial charge is 0.384 e. The van der Waals surface area contributed by atoms with Gasteiger partial charge in [-0.2, -0.15) is 0 Å². The van der Waals surface area contributed by atoms with E-state index in [0.29, 0.717) is 5.56 Å². The number of rotatable bonds is 5. The highest BCUT2D eigenvalue weighted by atomic mass is 16.2. The van der Waals surface area contributed by atoms with Gasteiger partial charge in [0.2, 0.25) is 0 Å². The molecule has 3 heteroatoms. The van der Waals surface area contributed by atoms with Crippen LogP contribution in [0.5, 0.6) is 0 Å². The Kier molecular flexibility index (Phi) is 6.83. The zero-order chi connectivity index (χ0) is 15.0. The second kappa shape index (κ2) is 8.39. The monoisotopic (exact) mass is 273 g/mol. The summed E-state index contributed by atoms with van der Waals surface area (Å²) in [5, 5.41) is 11.8. The second-order valence-corrected chi connectivity index (χ2v) is 4.86. The summed E-state index contributed by atoms with van der Waals surface area (Å²) in [6, 6.07) is 5.75. The molecule has 0 spiro atoms. The molecule has 0 aromatic heterocycles. The molecule has 0 saturated carbocycles. The van der Waals surface area contributed by atoms with E-state index in [4.69, 9.17) is 5.11 Å². The van der Waals surface area contributed by atoms with Crippen molar-refractivity contribution in [1.82, 2.24) is 5.32 Å². The van der Waals surface area contributed by atoms with Crippen molar-refractivity contribution in [1.29, 1.82) is 0 Å². The Morgan fingerprint density at radius 1 is 1.40 bits per heavy atom. The lowest BCUT2D eigenvalue weighted by Crippen LogP contribution is -2.34. The Morgan fingerprint density at radius 2 is 2.15 bits per heavy atom. The standard InChI is InChI=1S/C17H23NO2/c1-4-7-15(5-2)18-17(20)16-12-14(8-6-11-19)10-9-13(16)3/h9-10,12,15,19H,4-5,7,11H2,1-3H3,(H,18,20). The zero-order valence-corrected chi connectivity index (χ0v) is 12.5. The summed E-state index contributed by atoms with van der Waals surface area (Å²) in [6.45, 7) is 5.94. The number of carbonyl (C=O) groups is 1. The molecule has 108 valence electrons. The molecule has 0 bridgehead atoms. The maximum Gasteiger partial charge on any atom is 0.251 e.